The van der Waals surface area contributed by atoms with Gasteiger partial charge in [-0.15, -0.1) is 0 Å². The van der Waals surface area contributed by atoms with Gasteiger partial charge in [0.1, 0.15) is 5.82 Å². The minimum atomic E-state index is -4.56. The normalized spacial score (nSPS) is 17.5. The van der Waals surface area contributed by atoms with E-state index in [0.717, 1.165) is 21.6 Å². The maximum atomic E-state index is 14.0. The molecule has 0 unspecified atom stereocenters. The van der Waals surface area contributed by atoms with E-state index in [1.54, 1.807) is 29.9 Å². The third kappa shape index (κ3) is 4.64. The van der Waals surface area contributed by atoms with E-state index < -0.39 is 24.2 Å². The molecular formula is C23H27F3N6O3. The largest absolute Gasteiger partial charge is 0.493 e. The number of rotatable bonds is 6. The van der Waals surface area contributed by atoms with Gasteiger partial charge in [-0.25, -0.2) is 4.68 Å². The summed E-state index contributed by atoms with van der Waals surface area (Å²) in [5.74, 6) is 0.426. The van der Waals surface area contributed by atoms with Crippen molar-refractivity contribution >= 4 is 11.7 Å². The molecule has 4 rings (SSSR count). The minimum Gasteiger partial charge on any atom is -0.493 e. The Morgan fingerprint density at radius 1 is 1.17 bits per heavy atom. The van der Waals surface area contributed by atoms with Gasteiger partial charge in [0.25, 0.3) is 5.91 Å². The highest BCUT2D eigenvalue weighted by Crippen LogP contribution is 2.44. The molecule has 188 valence electrons. The van der Waals surface area contributed by atoms with Gasteiger partial charge in [0.2, 0.25) is 0 Å². The molecule has 0 aliphatic carbocycles. The van der Waals surface area contributed by atoms with Gasteiger partial charge < -0.3 is 20.1 Å². The van der Waals surface area contributed by atoms with Crippen molar-refractivity contribution in [3.63, 3.8) is 0 Å². The average molecular weight is 493 g/mol. The quantitative estimate of drug-likeness (QED) is 0.543. The van der Waals surface area contributed by atoms with Crippen molar-refractivity contribution in [3.05, 3.63) is 52.5 Å². The highest BCUT2D eigenvalue weighted by molar-refractivity contribution is 5.93. The van der Waals surface area contributed by atoms with Gasteiger partial charge in [0, 0.05) is 37.3 Å². The lowest BCUT2D eigenvalue weighted by atomic mass is 9.96. The predicted octanol–water partition coefficient (Wildman–Crippen LogP) is 3.84. The molecule has 2 N–H and O–H groups in total. The number of ether oxygens (including phenoxy) is 2. The van der Waals surface area contributed by atoms with Crippen LogP contribution in [0.4, 0.5) is 19.0 Å². The summed E-state index contributed by atoms with van der Waals surface area (Å²) >= 11 is 0. The fraction of sp³-hybridized carbons (Fsp3) is 0.435. The van der Waals surface area contributed by atoms with Crippen molar-refractivity contribution in [1.29, 1.82) is 0 Å². The second kappa shape index (κ2) is 9.16. The van der Waals surface area contributed by atoms with E-state index in [0.29, 0.717) is 17.1 Å². The van der Waals surface area contributed by atoms with E-state index in [1.807, 2.05) is 13.8 Å². The molecule has 2 atom stereocenters. The lowest BCUT2D eigenvalue weighted by Gasteiger charge is -2.33. The van der Waals surface area contributed by atoms with Crippen LogP contribution in [-0.2, 0) is 13.6 Å². The van der Waals surface area contributed by atoms with E-state index in [2.05, 4.69) is 20.8 Å². The van der Waals surface area contributed by atoms with E-state index >= 15 is 0 Å². The zero-order valence-corrected chi connectivity index (χ0v) is 20.0. The van der Waals surface area contributed by atoms with Gasteiger partial charge in [-0.1, -0.05) is 6.07 Å². The first-order valence-electron chi connectivity index (χ1n) is 11.0. The van der Waals surface area contributed by atoms with Crippen molar-refractivity contribution in [2.24, 2.45) is 7.05 Å². The second-order valence-corrected chi connectivity index (χ2v) is 8.42. The minimum absolute atomic E-state index is 0.103. The Hall–Kier alpha value is -3.70. The molecule has 1 aromatic carbocycles. The molecule has 2 aromatic heterocycles. The number of amides is 1. The molecule has 0 spiro atoms. The molecule has 1 aliphatic rings. The van der Waals surface area contributed by atoms with Gasteiger partial charge in [-0.05, 0) is 31.5 Å². The number of carbonyl (C=O) groups is 1. The topological polar surface area (TPSA) is 95.2 Å². The lowest BCUT2D eigenvalue weighted by Crippen LogP contribution is -2.35. The Balaban J connectivity index is 1.60. The summed E-state index contributed by atoms with van der Waals surface area (Å²) in [5.41, 5.74) is 3.01. The Bertz CT molecular complexity index is 1250. The molecular weight excluding hydrogens is 465 g/mol. The summed E-state index contributed by atoms with van der Waals surface area (Å²) in [6, 6.07) is 3.73. The first-order valence-corrected chi connectivity index (χ1v) is 11.0. The van der Waals surface area contributed by atoms with Crippen LogP contribution >= 0.6 is 0 Å². The van der Waals surface area contributed by atoms with E-state index in [1.165, 1.54) is 20.3 Å². The Morgan fingerprint density at radius 2 is 1.89 bits per heavy atom. The number of anilines is 1. The molecule has 3 heterocycles. The van der Waals surface area contributed by atoms with Crippen LogP contribution < -0.4 is 20.1 Å². The summed E-state index contributed by atoms with van der Waals surface area (Å²) in [4.78, 5) is 12.8. The number of nitrogens with zero attached hydrogens (tertiary/aromatic N) is 4. The number of hydrogen-bond acceptors (Lipinski definition) is 6. The number of alkyl halides is 3. The molecule has 35 heavy (non-hydrogen) atoms. The second-order valence-electron chi connectivity index (χ2n) is 8.42. The molecule has 12 heteroatoms. The smallest absolute Gasteiger partial charge is 0.410 e. The zero-order valence-electron chi connectivity index (χ0n) is 20.0. The highest BCUT2D eigenvalue weighted by Gasteiger charge is 2.47. The van der Waals surface area contributed by atoms with Crippen molar-refractivity contribution in [2.45, 2.75) is 45.1 Å². The molecule has 0 saturated carbocycles. The monoisotopic (exact) mass is 492 g/mol. The number of aryl methyl sites for hydroxylation is 2. The first-order chi connectivity index (χ1) is 16.5. The predicted molar refractivity (Wildman–Crippen MR) is 122 cm³/mol. The third-order valence-electron chi connectivity index (χ3n) is 6.32. The van der Waals surface area contributed by atoms with Crippen molar-refractivity contribution in [2.75, 3.05) is 19.5 Å². The van der Waals surface area contributed by atoms with Crippen molar-refractivity contribution in [1.82, 2.24) is 24.9 Å². The molecule has 3 aromatic rings. The van der Waals surface area contributed by atoms with Crippen LogP contribution in [0.1, 0.15) is 51.5 Å². The fourth-order valence-electron chi connectivity index (χ4n) is 4.31. The standard InChI is InChI=1S/C23H27F3N6O3/c1-12-15(13(2)31(3)29-12)11-27-22(33)17-10-21-28-16(9-20(23(24,25)26)32(21)30-17)14-6-7-18(34-4)19(8-14)35-5/h6-8,10,16,20,28H,9,11H2,1-5H3,(H,27,33)/t16-,20-/m0/s1. The zero-order chi connectivity index (χ0) is 25.5. The maximum Gasteiger partial charge on any atom is 0.410 e. The van der Waals surface area contributed by atoms with Gasteiger partial charge in [0.05, 0.1) is 26.0 Å². The molecule has 0 radical (unpaired) electrons. The summed E-state index contributed by atoms with van der Waals surface area (Å²) in [7, 11) is 4.75. The lowest BCUT2D eigenvalue weighted by molar-refractivity contribution is -0.173. The van der Waals surface area contributed by atoms with Crippen molar-refractivity contribution in [3.8, 4) is 11.5 Å². The van der Waals surface area contributed by atoms with Crippen molar-refractivity contribution < 1.29 is 27.4 Å². The number of fused-ring (bicyclic) bond motifs is 1. The molecule has 0 saturated heterocycles. The van der Waals surface area contributed by atoms with Crippen LogP contribution in [0.25, 0.3) is 0 Å². The molecule has 1 aliphatic heterocycles. The van der Waals surface area contributed by atoms with E-state index in [-0.39, 0.29) is 24.5 Å². The fourth-order valence-corrected chi connectivity index (χ4v) is 4.31. The van der Waals surface area contributed by atoms with Crippen LogP contribution in [0.3, 0.4) is 0 Å². The number of nitrogens with one attached hydrogen (secondary N) is 2. The van der Waals surface area contributed by atoms with E-state index in [4.69, 9.17) is 9.47 Å². The van der Waals surface area contributed by atoms with Gasteiger partial charge in [-0.2, -0.15) is 23.4 Å². The van der Waals surface area contributed by atoms with Gasteiger partial charge in [-0.3, -0.25) is 9.48 Å². The van der Waals surface area contributed by atoms with E-state index in [9.17, 15) is 18.0 Å². The number of methoxy groups -OCH3 is 2. The SMILES string of the molecule is COc1ccc([C@@H]2C[C@@H](C(F)(F)F)n3nc(C(=O)NCc4c(C)nn(C)c4C)cc3N2)cc1OC. The average Bonchev–Trinajstić information content (AvgIpc) is 3.35. The Labute approximate surface area is 200 Å². The van der Waals surface area contributed by atoms with Gasteiger partial charge in [0.15, 0.2) is 23.2 Å². The molecule has 0 fully saturated rings. The maximum absolute atomic E-state index is 14.0. The molecule has 0 bridgehead atoms. The van der Waals surface area contributed by atoms with Crippen LogP contribution in [0.2, 0.25) is 0 Å². The van der Waals surface area contributed by atoms with Gasteiger partial charge >= 0.3 is 6.18 Å². The number of benzene rings is 1. The Kier molecular flexibility index (Phi) is 6.39. The molecule has 9 nitrogen and oxygen atoms in total. The summed E-state index contributed by atoms with van der Waals surface area (Å²) in [6.07, 6.45) is -4.86. The van der Waals surface area contributed by atoms with Crippen LogP contribution in [0, 0.1) is 13.8 Å². The number of aromatic nitrogens is 4. The summed E-state index contributed by atoms with van der Waals surface area (Å²) in [6.45, 7) is 3.90. The first kappa shape index (κ1) is 24.4. The summed E-state index contributed by atoms with van der Waals surface area (Å²) < 4.78 is 55.1. The number of carbonyl (C=O) groups excluding carboxylic acids is 1. The summed E-state index contributed by atoms with van der Waals surface area (Å²) in [5, 5.41) is 14.1. The van der Waals surface area contributed by atoms with Crippen LogP contribution in [-0.4, -0.2) is 45.9 Å². The third-order valence-corrected chi connectivity index (χ3v) is 6.32. The number of hydrogen-bond donors (Lipinski definition) is 2. The highest BCUT2D eigenvalue weighted by atomic mass is 19.4. The number of halogens is 3. The van der Waals surface area contributed by atoms with Crippen LogP contribution in [0.15, 0.2) is 24.3 Å². The van der Waals surface area contributed by atoms with Crippen LogP contribution in [0.5, 0.6) is 11.5 Å². The Morgan fingerprint density at radius 3 is 2.49 bits per heavy atom. The molecule has 1 amide bonds.